The van der Waals surface area contributed by atoms with Gasteiger partial charge in [-0.05, 0) is 26.4 Å². The number of carbonyl (C=O) groups is 2. The standard InChI is InChI=1S/C9H19N3O3/c1-3-7(8(13)14)12-9(15)11-6-4-5-10-2/h7,10H,3-6H2,1-2H3,(H,13,14)(H2,11,12,15). The first-order valence-corrected chi connectivity index (χ1v) is 5.03. The maximum Gasteiger partial charge on any atom is 0.326 e. The molecular formula is C9H19N3O3. The number of carboxylic acid groups (broad SMARTS) is 1. The number of carbonyl (C=O) groups excluding carboxylic acids is 1. The maximum atomic E-state index is 11.2. The number of carboxylic acids is 1. The van der Waals surface area contributed by atoms with Crippen molar-refractivity contribution in [3.8, 4) is 0 Å². The zero-order valence-corrected chi connectivity index (χ0v) is 9.17. The Morgan fingerprint density at radius 3 is 2.47 bits per heavy atom. The van der Waals surface area contributed by atoms with Gasteiger partial charge in [-0.2, -0.15) is 0 Å². The van der Waals surface area contributed by atoms with E-state index in [0.717, 1.165) is 13.0 Å². The molecule has 0 rings (SSSR count). The summed E-state index contributed by atoms with van der Waals surface area (Å²) in [5.74, 6) is -1.01. The molecule has 88 valence electrons. The predicted octanol–water partition coefficient (Wildman–Crippen LogP) is -0.242. The van der Waals surface area contributed by atoms with E-state index in [1.807, 2.05) is 7.05 Å². The molecule has 15 heavy (non-hydrogen) atoms. The van der Waals surface area contributed by atoms with Gasteiger partial charge in [0.2, 0.25) is 0 Å². The first kappa shape index (κ1) is 13.7. The minimum atomic E-state index is -1.01. The first-order valence-electron chi connectivity index (χ1n) is 5.03. The predicted molar refractivity (Wildman–Crippen MR) is 56.8 cm³/mol. The van der Waals surface area contributed by atoms with E-state index in [0.29, 0.717) is 13.0 Å². The van der Waals surface area contributed by atoms with E-state index in [2.05, 4.69) is 16.0 Å². The lowest BCUT2D eigenvalue weighted by Gasteiger charge is -2.12. The summed E-state index contributed by atoms with van der Waals surface area (Å²) in [5.41, 5.74) is 0. The number of nitrogens with one attached hydrogen (secondary N) is 3. The number of aliphatic carboxylic acids is 1. The van der Waals surface area contributed by atoms with Crippen LogP contribution in [0.15, 0.2) is 0 Å². The average molecular weight is 217 g/mol. The SMILES string of the molecule is CCC(NC(=O)NCCCNC)C(=O)O. The van der Waals surface area contributed by atoms with Gasteiger partial charge in [-0.25, -0.2) is 9.59 Å². The summed E-state index contributed by atoms with van der Waals surface area (Å²) in [5, 5.41) is 16.6. The molecule has 1 unspecified atom stereocenters. The highest BCUT2D eigenvalue weighted by Gasteiger charge is 2.16. The van der Waals surface area contributed by atoms with E-state index in [4.69, 9.17) is 5.11 Å². The number of rotatable bonds is 7. The quantitative estimate of drug-likeness (QED) is 0.443. The van der Waals surface area contributed by atoms with E-state index in [-0.39, 0.29) is 0 Å². The highest BCUT2D eigenvalue weighted by molar-refractivity contribution is 5.82. The van der Waals surface area contributed by atoms with E-state index in [1.165, 1.54) is 0 Å². The van der Waals surface area contributed by atoms with Crippen LogP contribution in [0.5, 0.6) is 0 Å². The van der Waals surface area contributed by atoms with Crippen molar-refractivity contribution >= 4 is 12.0 Å². The van der Waals surface area contributed by atoms with Gasteiger partial charge in [0.05, 0.1) is 0 Å². The summed E-state index contributed by atoms with van der Waals surface area (Å²) in [6.45, 7) is 3.05. The normalized spacial score (nSPS) is 11.9. The fourth-order valence-corrected chi connectivity index (χ4v) is 1.01. The van der Waals surface area contributed by atoms with Crippen molar-refractivity contribution in [2.24, 2.45) is 0 Å². The second-order valence-corrected chi connectivity index (χ2v) is 3.16. The summed E-state index contributed by atoms with van der Waals surface area (Å²) in [7, 11) is 1.83. The van der Waals surface area contributed by atoms with Crippen molar-refractivity contribution in [1.29, 1.82) is 0 Å². The third kappa shape index (κ3) is 6.73. The van der Waals surface area contributed by atoms with Gasteiger partial charge in [0.15, 0.2) is 0 Å². The summed E-state index contributed by atoms with van der Waals surface area (Å²) in [4.78, 5) is 21.8. The van der Waals surface area contributed by atoms with Gasteiger partial charge in [-0.1, -0.05) is 6.92 Å². The van der Waals surface area contributed by atoms with Crippen molar-refractivity contribution in [3.63, 3.8) is 0 Å². The van der Waals surface area contributed by atoms with Crippen LogP contribution in [0, 0.1) is 0 Å². The molecule has 0 bridgehead atoms. The van der Waals surface area contributed by atoms with Crippen molar-refractivity contribution in [1.82, 2.24) is 16.0 Å². The Bertz CT molecular complexity index is 209. The van der Waals surface area contributed by atoms with E-state index < -0.39 is 18.0 Å². The van der Waals surface area contributed by atoms with Gasteiger partial charge in [-0.15, -0.1) is 0 Å². The Morgan fingerprint density at radius 1 is 1.33 bits per heavy atom. The monoisotopic (exact) mass is 217 g/mol. The molecule has 6 nitrogen and oxygen atoms in total. The molecule has 0 aromatic carbocycles. The molecule has 1 atom stereocenters. The second-order valence-electron chi connectivity index (χ2n) is 3.16. The minimum Gasteiger partial charge on any atom is -0.480 e. The molecule has 0 radical (unpaired) electrons. The van der Waals surface area contributed by atoms with Gasteiger partial charge in [-0.3, -0.25) is 0 Å². The summed E-state index contributed by atoms with van der Waals surface area (Å²) in [6, 6.07) is -1.24. The molecule has 2 amide bonds. The molecule has 0 aliphatic heterocycles. The summed E-state index contributed by atoms with van der Waals surface area (Å²) < 4.78 is 0. The van der Waals surface area contributed by atoms with E-state index in [1.54, 1.807) is 6.92 Å². The Kier molecular flexibility index (Phi) is 7.35. The van der Waals surface area contributed by atoms with Gasteiger partial charge in [0, 0.05) is 6.54 Å². The number of amides is 2. The molecule has 0 aliphatic rings. The van der Waals surface area contributed by atoms with Gasteiger partial charge < -0.3 is 21.1 Å². The van der Waals surface area contributed by atoms with Gasteiger partial charge >= 0.3 is 12.0 Å². The van der Waals surface area contributed by atoms with Gasteiger partial charge in [0.1, 0.15) is 6.04 Å². The molecule has 4 N–H and O–H groups in total. The zero-order valence-electron chi connectivity index (χ0n) is 9.17. The van der Waals surface area contributed by atoms with Crippen molar-refractivity contribution in [2.45, 2.75) is 25.8 Å². The molecule has 0 aromatic rings. The minimum absolute atomic E-state index is 0.374. The van der Waals surface area contributed by atoms with Crippen LogP contribution in [-0.4, -0.2) is 43.3 Å². The van der Waals surface area contributed by atoms with Crippen LogP contribution in [0.25, 0.3) is 0 Å². The lowest BCUT2D eigenvalue weighted by Crippen LogP contribution is -2.46. The average Bonchev–Trinajstić information content (AvgIpc) is 2.20. The topological polar surface area (TPSA) is 90.5 Å². The van der Waals surface area contributed by atoms with Crippen LogP contribution in [0.1, 0.15) is 19.8 Å². The van der Waals surface area contributed by atoms with E-state index in [9.17, 15) is 9.59 Å². The van der Waals surface area contributed by atoms with Crippen LogP contribution < -0.4 is 16.0 Å². The Balaban J connectivity index is 3.67. The molecule has 0 spiro atoms. The fraction of sp³-hybridized carbons (Fsp3) is 0.778. The second kappa shape index (κ2) is 8.05. The van der Waals surface area contributed by atoms with Crippen molar-refractivity contribution in [3.05, 3.63) is 0 Å². The zero-order chi connectivity index (χ0) is 11.7. The molecule has 0 heterocycles. The Morgan fingerprint density at radius 2 is 2.00 bits per heavy atom. The third-order valence-electron chi connectivity index (χ3n) is 1.90. The van der Waals surface area contributed by atoms with Crippen LogP contribution in [0.2, 0.25) is 0 Å². The lowest BCUT2D eigenvalue weighted by molar-refractivity contribution is -0.139. The molecule has 0 aromatic heterocycles. The largest absolute Gasteiger partial charge is 0.480 e. The molecule has 6 heteroatoms. The van der Waals surface area contributed by atoms with E-state index >= 15 is 0 Å². The van der Waals surface area contributed by atoms with Crippen LogP contribution in [0.3, 0.4) is 0 Å². The molecule has 0 saturated heterocycles. The summed E-state index contributed by atoms with van der Waals surface area (Å²) in [6.07, 6.45) is 1.19. The van der Waals surface area contributed by atoms with Crippen LogP contribution >= 0.6 is 0 Å². The highest BCUT2D eigenvalue weighted by atomic mass is 16.4. The smallest absolute Gasteiger partial charge is 0.326 e. The van der Waals surface area contributed by atoms with Crippen LogP contribution in [0.4, 0.5) is 4.79 Å². The molecule has 0 saturated carbocycles. The summed E-state index contributed by atoms with van der Waals surface area (Å²) >= 11 is 0. The Hall–Kier alpha value is -1.30. The lowest BCUT2D eigenvalue weighted by atomic mass is 10.2. The fourth-order valence-electron chi connectivity index (χ4n) is 1.01. The number of hydrogen-bond donors (Lipinski definition) is 4. The van der Waals surface area contributed by atoms with Crippen LogP contribution in [-0.2, 0) is 4.79 Å². The maximum absolute atomic E-state index is 11.2. The Labute approximate surface area is 89.4 Å². The number of urea groups is 1. The molecule has 0 aliphatic carbocycles. The molecule has 0 fully saturated rings. The first-order chi connectivity index (χ1) is 7.11. The highest BCUT2D eigenvalue weighted by Crippen LogP contribution is 1.90. The van der Waals surface area contributed by atoms with Gasteiger partial charge in [0.25, 0.3) is 0 Å². The third-order valence-corrected chi connectivity index (χ3v) is 1.90. The van der Waals surface area contributed by atoms with Crippen molar-refractivity contribution in [2.75, 3.05) is 20.1 Å². The van der Waals surface area contributed by atoms with Crippen molar-refractivity contribution < 1.29 is 14.7 Å². The number of hydrogen-bond acceptors (Lipinski definition) is 3. The molecular weight excluding hydrogens is 198 g/mol.